The van der Waals surface area contributed by atoms with Crippen molar-refractivity contribution >= 4 is 22.3 Å². The molecule has 1 aromatic carbocycles. The van der Waals surface area contributed by atoms with Gasteiger partial charge >= 0.3 is 0 Å². The molecule has 3 rings (SSSR count). The first kappa shape index (κ1) is 15.8. The Morgan fingerprint density at radius 2 is 1.88 bits per heavy atom. The van der Waals surface area contributed by atoms with Crippen LogP contribution in [0.3, 0.4) is 0 Å². The number of anilines is 1. The van der Waals surface area contributed by atoms with Crippen LogP contribution in [0.2, 0.25) is 0 Å². The zero-order chi connectivity index (χ0) is 16.9. The van der Waals surface area contributed by atoms with Gasteiger partial charge in [-0.2, -0.15) is 0 Å². The van der Waals surface area contributed by atoms with Crippen LogP contribution < -0.4 is 5.32 Å². The second-order valence-electron chi connectivity index (χ2n) is 4.79. The highest BCUT2D eigenvalue weighted by Crippen LogP contribution is 2.16. The Morgan fingerprint density at radius 3 is 2.62 bits per heavy atom. The maximum Gasteiger partial charge on any atom is 0.275 e. The fourth-order valence-corrected chi connectivity index (χ4v) is 2.47. The first-order valence-corrected chi connectivity index (χ1v) is 8.09. The molecule has 24 heavy (non-hydrogen) atoms. The number of benzene rings is 1. The zero-order valence-corrected chi connectivity index (χ0v) is 13.2. The molecule has 0 spiro atoms. The summed E-state index contributed by atoms with van der Waals surface area (Å²) in [5, 5.41) is 2.61. The predicted molar refractivity (Wildman–Crippen MR) is 88.2 cm³/mol. The van der Waals surface area contributed by atoms with E-state index in [-0.39, 0.29) is 10.6 Å². The fraction of sp³-hybridized carbons (Fsp3) is 0. The topological polar surface area (TPSA) is 102 Å². The molecule has 0 radical (unpaired) electrons. The molecule has 0 saturated heterocycles. The van der Waals surface area contributed by atoms with E-state index in [0.717, 1.165) is 5.56 Å². The number of aromatic nitrogens is 3. The zero-order valence-electron chi connectivity index (χ0n) is 12.3. The van der Waals surface area contributed by atoms with E-state index in [1.165, 1.54) is 24.5 Å². The number of thiol groups is 1. The highest BCUT2D eigenvalue weighted by Gasteiger charge is 2.11. The Labute approximate surface area is 139 Å². The van der Waals surface area contributed by atoms with Crippen LogP contribution in [0.25, 0.3) is 11.3 Å². The van der Waals surface area contributed by atoms with Crippen molar-refractivity contribution < 1.29 is 13.2 Å². The summed E-state index contributed by atoms with van der Waals surface area (Å²) in [6.45, 7) is 0. The van der Waals surface area contributed by atoms with Crippen molar-refractivity contribution in [3.8, 4) is 11.3 Å². The summed E-state index contributed by atoms with van der Waals surface area (Å²) in [5.74, 6) is -0.480. The second-order valence-corrected chi connectivity index (χ2v) is 5.82. The number of hydrogen-bond donors (Lipinski definition) is 2. The number of rotatable bonds is 4. The molecular weight excluding hydrogens is 328 g/mol. The third-order valence-corrected chi connectivity index (χ3v) is 3.84. The van der Waals surface area contributed by atoms with Crippen molar-refractivity contribution in [1.29, 1.82) is 0 Å². The molecule has 2 heterocycles. The SMILES string of the molecule is O=C(Nc1cccc([SH](=O)=O)c1)c1cncc(-c2cccnc2)n1. The lowest BCUT2D eigenvalue weighted by molar-refractivity contribution is 0.102. The molecule has 0 aliphatic carbocycles. The lowest BCUT2D eigenvalue weighted by Crippen LogP contribution is -2.14. The molecule has 3 aromatic rings. The molecule has 0 atom stereocenters. The summed E-state index contributed by atoms with van der Waals surface area (Å²) < 4.78 is 22.0. The van der Waals surface area contributed by atoms with Crippen molar-refractivity contribution in [2.24, 2.45) is 0 Å². The third kappa shape index (κ3) is 3.61. The second kappa shape index (κ2) is 6.97. The molecule has 1 amide bonds. The van der Waals surface area contributed by atoms with Crippen LogP contribution in [0.15, 0.2) is 66.1 Å². The van der Waals surface area contributed by atoms with Crippen LogP contribution >= 0.6 is 0 Å². The monoisotopic (exact) mass is 340 g/mol. The van der Waals surface area contributed by atoms with Crippen LogP contribution in [-0.4, -0.2) is 29.3 Å². The number of pyridine rings is 1. The van der Waals surface area contributed by atoms with Crippen LogP contribution in [0.4, 0.5) is 5.69 Å². The molecule has 2 aromatic heterocycles. The van der Waals surface area contributed by atoms with Gasteiger partial charge in [-0.05, 0) is 30.3 Å². The standard InChI is InChI=1S/C16H12N4O3S/c21-16(19-12-4-1-5-13(7-12)24(22)23)15-10-18-9-14(20-15)11-3-2-6-17-8-11/h1-10,24H,(H,19,21). The van der Waals surface area contributed by atoms with Crippen molar-refractivity contribution in [1.82, 2.24) is 15.0 Å². The molecule has 120 valence electrons. The molecule has 0 aliphatic rings. The van der Waals surface area contributed by atoms with Gasteiger partial charge in [0.1, 0.15) is 5.69 Å². The van der Waals surface area contributed by atoms with E-state index < -0.39 is 16.6 Å². The quantitative estimate of drug-likeness (QED) is 0.702. The molecule has 0 bridgehead atoms. The van der Waals surface area contributed by atoms with Gasteiger partial charge in [0.2, 0.25) is 0 Å². The average molecular weight is 340 g/mol. The van der Waals surface area contributed by atoms with Crippen molar-refractivity contribution in [3.05, 3.63) is 66.9 Å². The highest BCUT2D eigenvalue weighted by atomic mass is 32.2. The summed E-state index contributed by atoms with van der Waals surface area (Å²) in [7, 11) is -2.71. The van der Waals surface area contributed by atoms with E-state index in [1.807, 2.05) is 6.07 Å². The summed E-state index contributed by atoms with van der Waals surface area (Å²) in [4.78, 5) is 24.7. The van der Waals surface area contributed by atoms with Gasteiger partial charge in [0, 0.05) is 23.6 Å². The fourth-order valence-electron chi connectivity index (χ4n) is 2.02. The van der Waals surface area contributed by atoms with Gasteiger partial charge in [-0.3, -0.25) is 14.8 Å². The molecule has 1 N–H and O–H groups in total. The van der Waals surface area contributed by atoms with Gasteiger partial charge in [0.25, 0.3) is 5.91 Å². The summed E-state index contributed by atoms with van der Waals surface area (Å²) in [5.41, 5.74) is 1.75. The van der Waals surface area contributed by atoms with Crippen LogP contribution in [0.5, 0.6) is 0 Å². The number of nitrogens with zero attached hydrogens (tertiary/aromatic N) is 3. The van der Waals surface area contributed by atoms with Crippen LogP contribution in [0, 0.1) is 0 Å². The van der Waals surface area contributed by atoms with E-state index in [1.54, 1.807) is 30.6 Å². The van der Waals surface area contributed by atoms with Crippen LogP contribution in [0.1, 0.15) is 10.5 Å². The number of amides is 1. The Morgan fingerprint density at radius 1 is 1.00 bits per heavy atom. The average Bonchev–Trinajstić information content (AvgIpc) is 2.63. The number of nitrogens with one attached hydrogen (secondary N) is 1. The first-order valence-electron chi connectivity index (χ1n) is 6.92. The van der Waals surface area contributed by atoms with Crippen molar-refractivity contribution in [3.63, 3.8) is 0 Å². The van der Waals surface area contributed by atoms with Crippen molar-refractivity contribution in [2.75, 3.05) is 5.32 Å². The van der Waals surface area contributed by atoms with Gasteiger partial charge < -0.3 is 5.32 Å². The van der Waals surface area contributed by atoms with E-state index >= 15 is 0 Å². The molecular formula is C16H12N4O3S. The number of carbonyl (C=O) groups excluding carboxylic acids is 1. The Hall–Kier alpha value is -3.13. The lowest BCUT2D eigenvalue weighted by Gasteiger charge is -2.06. The van der Waals surface area contributed by atoms with Gasteiger partial charge in [-0.15, -0.1) is 0 Å². The minimum atomic E-state index is -2.71. The Balaban J connectivity index is 1.84. The van der Waals surface area contributed by atoms with E-state index in [2.05, 4.69) is 20.3 Å². The van der Waals surface area contributed by atoms with Crippen molar-refractivity contribution in [2.45, 2.75) is 4.90 Å². The minimum Gasteiger partial charge on any atom is -0.321 e. The van der Waals surface area contributed by atoms with Gasteiger partial charge in [0.15, 0.2) is 10.7 Å². The van der Waals surface area contributed by atoms with E-state index in [0.29, 0.717) is 11.4 Å². The predicted octanol–water partition coefficient (Wildman–Crippen LogP) is 1.76. The molecule has 0 unspecified atom stereocenters. The molecule has 0 fully saturated rings. The first-order chi connectivity index (χ1) is 11.6. The number of hydrogen-bond acceptors (Lipinski definition) is 6. The Kier molecular flexibility index (Phi) is 4.57. The van der Waals surface area contributed by atoms with Gasteiger partial charge in [-0.1, -0.05) is 6.07 Å². The lowest BCUT2D eigenvalue weighted by atomic mass is 10.2. The molecule has 8 heteroatoms. The maximum atomic E-state index is 12.3. The summed E-state index contributed by atoms with van der Waals surface area (Å²) in [6.07, 6.45) is 6.14. The molecule has 7 nitrogen and oxygen atoms in total. The highest BCUT2D eigenvalue weighted by molar-refractivity contribution is 7.72. The molecule has 0 aliphatic heterocycles. The normalized spacial score (nSPS) is 10.5. The minimum absolute atomic E-state index is 0.119. The maximum absolute atomic E-state index is 12.3. The number of carbonyl (C=O) groups is 1. The third-order valence-electron chi connectivity index (χ3n) is 3.14. The van der Waals surface area contributed by atoms with Gasteiger partial charge in [-0.25, -0.2) is 13.4 Å². The van der Waals surface area contributed by atoms with Crippen LogP contribution in [-0.2, 0) is 10.7 Å². The molecule has 0 saturated carbocycles. The van der Waals surface area contributed by atoms with Gasteiger partial charge in [0.05, 0.1) is 23.0 Å². The largest absolute Gasteiger partial charge is 0.321 e. The van der Waals surface area contributed by atoms with E-state index in [9.17, 15) is 13.2 Å². The van der Waals surface area contributed by atoms with E-state index in [4.69, 9.17) is 0 Å². The summed E-state index contributed by atoms with van der Waals surface area (Å²) in [6, 6.07) is 9.55. The Bertz CT molecular complexity index is 950. The smallest absolute Gasteiger partial charge is 0.275 e. The summed E-state index contributed by atoms with van der Waals surface area (Å²) >= 11 is 0.